The number of nitrogens with two attached hydrogens (primary N) is 1. The molecule has 0 unspecified atom stereocenters. The van der Waals surface area contributed by atoms with Gasteiger partial charge in [-0.15, -0.1) is 0 Å². The van der Waals surface area contributed by atoms with Crippen LogP contribution in [0.2, 0.25) is 0 Å². The minimum Gasteiger partial charge on any atom is -0.392 e. The Morgan fingerprint density at radius 3 is 2.74 bits per heavy atom. The molecular weight excluding hydrogens is 478 g/mol. The number of aliphatic hydroxyl groups is 1. The fourth-order valence-corrected chi connectivity index (χ4v) is 4.87. The van der Waals surface area contributed by atoms with Crippen LogP contribution < -0.4 is 16.4 Å². The molecule has 0 radical (unpaired) electrons. The van der Waals surface area contributed by atoms with Crippen molar-refractivity contribution in [2.75, 3.05) is 31.6 Å². The topological polar surface area (TPSA) is 122 Å². The Bertz CT molecular complexity index is 1420. The maximum atomic E-state index is 11.6. The normalized spacial score (nSPS) is 13.3. The molecule has 0 aliphatic heterocycles. The van der Waals surface area contributed by atoms with Gasteiger partial charge < -0.3 is 26.2 Å². The highest BCUT2D eigenvalue weighted by atomic mass is 16.5. The lowest BCUT2D eigenvalue weighted by atomic mass is 10.0. The molecule has 8 nitrogen and oxygen atoms in total. The number of unbranched alkanes of at least 4 members (excludes halogenated alkanes) is 1. The summed E-state index contributed by atoms with van der Waals surface area (Å²) in [5.41, 5.74) is 10.2. The highest BCUT2D eigenvalue weighted by Crippen LogP contribution is 2.41. The smallest absolute Gasteiger partial charge is 0.248 e. The highest BCUT2D eigenvalue weighted by Gasteiger charge is 2.25. The number of benzene rings is 2. The molecule has 8 heteroatoms. The largest absolute Gasteiger partial charge is 0.392 e. The molecule has 1 aliphatic carbocycles. The first-order valence-electron chi connectivity index (χ1n) is 13.4. The second kappa shape index (κ2) is 12.3. The number of carbonyl (C=O) groups excluding carboxylic acids is 1. The zero-order valence-corrected chi connectivity index (χ0v) is 21.6. The maximum absolute atomic E-state index is 11.6. The van der Waals surface area contributed by atoms with Crippen molar-refractivity contribution in [1.29, 1.82) is 0 Å². The number of nitrogens with one attached hydrogen (secondary N) is 2. The van der Waals surface area contributed by atoms with Crippen LogP contribution in [0.1, 0.15) is 58.6 Å². The Hall–Kier alpha value is -3.59. The standard InChI is InChI=1S/C30H35N5O3/c31-29(37)22-6-8-25-27-18-33-11-9-26(27)30(35-28(25)16-22)34-12-14-38-13-2-1-10-32-17-20-3-7-24(21-4-5-21)23(15-20)19-36/h3,6-9,11,15-16,18,21,32,36H,1-2,4-5,10,12-14,17,19H2,(H2,31,37)(H,34,35). The molecule has 1 saturated carbocycles. The van der Waals surface area contributed by atoms with Crippen molar-refractivity contribution in [3.8, 4) is 0 Å². The second-order valence-corrected chi connectivity index (χ2v) is 9.87. The Kier molecular flexibility index (Phi) is 8.43. The third-order valence-corrected chi connectivity index (χ3v) is 7.04. The van der Waals surface area contributed by atoms with Gasteiger partial charge in [-0.05, 0) is 73.0 Å². The summed E-state index contributed by atoms with van der Waals surface area (Å²) in [6, 6.07) is 13.7. The third-order valence-electron chi connectivity index (χ3n) is 7.04. The minimum absolute atomic E-state index is 0.118. The van der Waals surface area contributed by atoms with Gasteiger partial charge in [0.1, 0.15) is 5.82 Å². The summed E-state index contributed by atoms with van der Waals surface area (Å²) in [4.78, 5) is 20.6. The SMILES string of the molecule is NC(=O)c1ccc2c(c1)nc(NCCOCCCCNCc1ccc(C3CC3)c(CO)c1)c1ccncc12. The van der Waals surface area contributed by atoms with Crippen LogP contribution in [0.5, 0.6) is 0 Å². The molecule has 1 aliphatic rings. The molecule has 0 saturated heterocycles. The van der Waals surface area contributed by atoms with Crippen molar-refractivity contribution in [1.82, 2.24) is 15.3 Å². The van der Waals surface area contributed by atoms with Gasteiger partial charge >= 0.3 is 0 Å². The van der Waals surface area contributed by atoms with Crippen LogP contribution in [0.15, 0.2) is 54.9 Å². The van der Waals surface area contributed by atoms with Gasteiger partial charge in [0.15, 0.2) is 0 Å². The van der Waals surface area contributed by atoms with Crippen molar-refractivity contribution in [2.24, 2.45) is 5.73 Å². The Morgan fingerprint density at radius 2 is 1.92 bits per heavy atom. The summed E-state index contributed by atoms with van der Waals surface area (Å²) in [7, 11) is 0. The van der Waals surface area contributed by atoms with E-state index in [1.54, 1.807) is 18.3 Å². The predicted molar refractivity (Wildman–Crippen MR) is 150 cm³/mol. The first-order valence-corrected chi connectivity index (χ1v) is 13.4. The van der Waals surface area contributed by atoms with E-state index in [4.69, 9.17) is 15.5 Å². The Balaban J connectivity index is 1.03. The second-order valence-electron chi connectivity index (χ2n) is 9.87. The van der Waals surface area contributed by atoms with Crippen LogP contribution in [0.25, 0.3) is 21.7 Å². The number of carbonyl (C=O) groups is 1. The number of fused-ring (bicyclic) bond motifs is 3. The molecule has 1 fully saturated rings. The molecule has 198 valence electrons. The quantitative estimate of drug-likeness (QED) is 0.147. The number of rotatable bonds is 14. The summed E-state index contributed by atoms with van der Waals surface area (Å²) in [6.07, 6.45) is 8.07. The molecule has 2 aromatic carbocycles. The number of ether oxygens (including phenoxy) is 1. The molecule has 38 heavy (non-hydrogen) atoms. The van der Waals surface area contributed by atoms with Gasteiger partial charge in [0.2, 0.25) is 5.91 Å². The van der Waals surface area contributed by atoms with E-state index in [1.807, 2.05) is 18.3 Å². The Morgan fingerprint density at radius 1 is 1.03 bits per heavy atom. The van der Waals surface area contributed by atoms with Crippen molar-refractivity contribution in [3.63, 3.8) is 0 Å². The van der Waals surface area contributed by atoms with Crippen LogP contribution in [-0.4, -0.2) is 47.3 Å². The molecule has 5 rings (SSSR count). The van der Waals surface area contributed by atoms with Gasteiger partial charge in [0.05, 0.1) is 18.7 Å². The molecule has 0 spiro atoms. The van der Waals surface area contributed by atoms with E-state index in [1.165, 1.54) is 24.0 Å². The number of aliphatic hydroxyl groups excluding tert-OH is 1. The van der Waals surface area contributed by atoms with Crippen molar-refractivity contribution >= 4 is 33.4 Å². The zero-order valence-electron chi connectivity index (χ0n) is 21.6. The van der Waals surface area contributed by atoms with Crippen LogP contribution >= 0.6 is 0 Å². The highest BCUT2D eigenvalue weighted by molar-refractivity contribution is 6.11. The molecule has 4 aromatic rings. The number of amides is 1. The van der Waals surface area contributed by atoms with E-state index in [2.05, 4.69) is 33.8 Å². The van der Waals surface area contributed by atoms with Gasteiger partial charge in [-0.2, -0.15) is 0 Å². The zero-order chi connectivity index (χ0) is 26.3. The summed E-state index contributed by atoms with van der Waals surface area (Å²) in [5.74, 6) is 0.918. The van der Waals surface area contributed by atoms with Gasteiger partial charge in [-0.25, -0.2) is 4.98 Å². The predicted octanol–water partition coefficient (Wildman–Crippen LogP) is 4.25. The fraction of sp³-hybridized carbons (Fsp3) is 0.367. The number of pyridine rings is 2. The average Bonchev–Trinajstić information content (AvgIpc) is 3.79. The lowest BCUT2D eigenvalue weighted by Crippen LogP contribution is -2.16. The van der Waals surface area contributed by atoms with Crippen LogP contribution in [-0.2, 0) is 17.9 Å². The first kappa shape index (κ1) is 26.0. The summed E-state index contributed by atoms with van der Waals surface area (Å²) in [6.45, 7) is 3.74. The number of anilines is 1. The molecule has 2 heterocycles. The van der Waals surface area contributed by atoms with Gasteiger partial charge in [0, 0.05) is 53.8 Å². The number of hydrogen-bond acceptors (Lipinski definition) is 7. The summed E-state index contributed by atoms with van der Waals surface area (Å²) < 4.78 is 5.82. The summed E-state index contributed by atoms with van der Waals surface area (Å²) >= 11 is 0. The molecule has 1 amide bonds. The van der Waals surface area contributed by atoms with E-state index < -0.39 is 5.91 Å². The van der Waals surface area contributed by atoms with Crippen molar-refractivity contribution in [3.05, 3.63) is 77.1 Å². The van der Waals surface area contributed by atoms with E-state index in [0.29, 0.717) is 36.8 Å². The van der Waals surface area contributed by atoms with Crippen LogP contribution in [0.4, 0.5) is 5.82 Å². The third kappa shape index (κ3) is 6.27. The van der Waals surface area contributed by atoms with Gasteiger partial charge in [-0.3, -0.25) is 9.78 Å². The van der Waals surface area contributed by atoms with Gasteiger partial charge in [-0.1, -0.05) is 24.3 Å². The van der Waals surface area contributed by atoms with E-state index in [-0.39, 0.29) is 6.61 Å². The lowest BCUT2D eigenvalue weighted by molar-refractivity contribution is 0.100. The molecule has 2 aromatic heterocycles. The molecule has 0 atom stereocenters. The number of primary amides is 1. The van der Waals surface area contributed by atoms with Crippen molar-refractivity contribution in [2.45, 2.75) is 44.8 Å². The number of nitrogens with zero attached hydrogens (tertiary/aromatic N) is 2. The molecule has 0 bridgehead atoms. The summed E-state index contributed by atoms with van der Waals surface area (Å²) in [5, 5.41) is 19.4. The monoisotopic (exact) mass is 513 g/mol. The Labute approximate surface area is 222 Å². The van der Waals surface area contributed by atoms with E-state index >= 15 is 0 Å². The van der Waals surface area contributed by atoms with E-state index in [9.17, 15) is 9.90 Å². The minimum atomic E-state index is -0.476. The maximum Gasteiger partial charge on any atom is 0.248 e. The molecular formula is C30H35N5O3. The first-order chi connectivity index (χ1) is 18.6. The van der Waals surface area contributed by atoms with Crippen LogP contribution in [0, 0.1) is 0 Å². The number of hydrogen-bond donors (Lipinski definition) is 4. The lowest BCUT2D eigenvalue weighted by Gasteiger charge is -2.12. The average molecular weight is 514 g/mol. The fourth-order valence-electron chi connectivity index (χ4n) is 4.87. The molecule has 5 N–H and O–H groups in total. The van der Waals surface area contributed by atoms with Crippen molar-refractivity contribution < 1.29 is 14.6 Å². The van der Waals surface area contributed by atoms with Crippen LogP contribution in [0.3, 0.4) is 0 Å². The van der Waals surface area contributed by atoms with Gasteiger partial charge in [0.25, 0.3) is 0 Å². The number of aromatic nitrogens is 2. The van der Waals surface area contributed by atoms with E-state index in [0.717, 1.165) is 53.5 Å².